The van der Waals surface area contributed by atoms with Gasteiger partial charge in [-0.2, -0.15) is 5.10 Å². The fourth-order valence-corrected chi connectivity index (χ4v) is 5.73. The van der Waals surface area contributed by atoms with Crippen molar-refractivity contribution >= 4 is 22.6 Å². The second-order valence-electron chi connectivity index (χ2n) is 9.31. The van der Waals surface area contributed by atoms with E-state index in [1.165, 1.54) is 6.07 Å². The maximum absolute atomic E-state index is 14.3. The molecule has 0 amide bonds. The highest BCUT2D eigenvalue weighted by atomic mass is 35.5. The summed E-state index contributed by atoms with van der Waals surface area (Å²) in [5, 5.41) is 25.7. The van der Waals surface area contributed by atoms with E-state index in [1.807, 2.05) is 37.8 Å². The number of benzene rings is 1. The van der Waals surface area contributed by atoms with Crippen LogP contribution < -0.4 is 4.74 Å². The Morgan fingerprint density at radius 1 is 1.23 bits per heavy atom. The second kappa shape index (κ2) is 8.93. The number of aliphatic hydroxyl groups excluding tert-OH is 2. The molecule has 4 atom stereocenters. The summed E-state index contributed by atoms with van der Waals surface area (Å²) in [7, 11) is 1.54. The van der Waals surface area contributed by atoms with Crippen LogP contribution in [-0.4, -0.2) is 49.3 Å². The molecule has 0 unspecified atom stereocenters. The number of nitrogens with one attached hydrogen (secondary N) is 1. The molecule has 0 saturated heterocycles. The van der Waals surface area contributed by atoms with E-state index in [4.69, 9.17) is 21.4 Å². The number of aliphatic hydroxyl groups is 2. The van der Waals surface area contributed by atoms with Crippen molar-refractivity contribution in [1.82, 2.24) is 19.7 Å². The van der Waals surface area contributed by atoms with Gasteiger partial charge in [0.15, 0.2) is 0 Å². The summed E-state index contributed by atoms with van der Waals surface area (Å²) >= 11 is 6.37. The predicted octanol–water partition coefficient (Wildman–Crippen LogP) is 5.05. The molecule has 1 saturated carbocycles. The van der Waals surface area contributed by atoms with Crippen molar-refractivity contribution in [2.75, 3.05) is 7.11 Å². The average molecular weight is 499 g/mol. The van der Waals surface area contributed by atoms with Crippen molar-refractivity contribution in [1.29, 1.82) is 0 Å². The number of aryl methyl sites for hydroxylation is 1. The summed E-state index contributed by atoms with van der Waals surface area (Å²) in [6, 6.07) is 4.89. The van der Waals surface area contributed by atoms with Crippen LogP contribution in [0.3, 0.4) is 0 Å². The normalized spacial score (nSPS) is 21.1. The molecule has 0 radical (unpaired) electrons. The van der Waals surface area contributed by atoms with E-state index in [0.29, 0.717) is 29.8 Å². The molecule has 5 rings (SSSR count). The predicted molar refractivity (Wildman–Crippen MR) is 133 cm³/mol. The van der Waals surface area contributed by atoms with Crippen molar-refractivity contribution < 1.29 is 19.3 Å². The van der Waals surface area contributed by atoms with Crippen LogP contribution in [0.4, 0.5) is 4.39 Å². The summed E-state index contributed by atoms with van der Waals surface area (Å²) in [4.78, 5) is 7.85. The summed E-state index contributed by atoms with van der Waals surface area (Å²) in [5.41, 5.74) is 5.89. The minimum absolute atomic E-state index is 0.0456. The number of hydrogen-bond donors (Lipinski definition) is 3. The summed E-state index contributed by atoms with van der Waals surface area (Å²) < 4.78 is 21.7. The third kappa shape index (κ3) is 3.90. The lowest BCUT2D eigenvalue weighted by Crippen LogP contribution is -2.17. The molecule has 3 N–H and O–H groups in total. The van der Waals surface area contributed by atoms with Gasteiger partial charge in [0.2, 0.25) is 0 Å². The zero-order valence-corrected chi connectivity index (χ0v) is 20.8. The largest absolute Gasteiger partial charge is 0.496 e. The fraction of sp³-hybridized carbons (Fsp3) is 0.385. The quantitative estimate of drug-likeness (QED) is 0.357. The highest BCUT2D eigenvalue weighted by molar-refractivity contribution is 6.31. The number of pyridine rings is 1. The Kier molecular flexibility index (Phi) is 6.07. The van der Waals surface area contributed by atoms with Crippen LogP contribution in [0.15, 0.2) is 30.6 Å². The van der Waals surface area contributed by atoms with Crippen molar-refractivity contribution in [2.24, 2.45) is 0 Å². The van der Waals surface area contributed by atoms with Crippen LogP contribution in [-0.2, 0) is 0 Å². The van der Waals surface area contributed by atoms with Crippen molar-refractivity contribution in [2.45, 2.75) is 57.8 Å². The van der Waals surface area contributed by atoms with E-state index in [0.717, 1.165) is 33.5 Å². The summed E-state index contributed by atoms with van der Waals surface area (Å²) in [5.74, 6) is -0.226. The molecule has 1 aliphatic rings. The first-order valence-electron chi connectivity index (χ1n) is 11.6. The average Bonchev–Trinajstić information content (AvgIpc) is 3.49. The Balaban J connectivity index is 1.59. The van der Waals surface area contributed by atoms with Gasteiger partial charge in [-0.15, -0.1) is 0 Å². The first kappa shape index (κ1) is 23.8. The first-order chi connectivity index (χ1) is 16.7. The van der Waals surface area contributed by atoms with Crippen LogP contribution in [0.2, 0.25) is 5.02 Å². The molecule has 184 valence electrons. The maximum atomic E-state index is 14.3. The lowest BCUT2D eigenvalue weighted by molar-refractivity contribution is 0.0438. The molecule has 4 aromatic rings. The van der Waals surface area contributed by atoms with E-state index in [-0.39, 0.29) is 17.0 Å². The van der Waals surface area contributed by atoms with E-state index in [9.17, 15) is 14.6 Å². The topological polar surface area (TPSA) is 96.2 Å². The number of hydrogen-bond acceptors (Lipinski definition) is 5. The van der Waals surface area contributed by atoms with Gasteiger partial charge >= 0.3 is 0 Å². The van der Waals surface area contributed by atoms with Crippen LogP contribution in [0.1, 0.15) is 54.2 Å². The van der Waals surface area contributed by atoms with E-state index in [2.05, 4.69) is 16.0 Å². The van der Waals surface area contributed by atoms with Crippen molar-refractivity contribution in [3.05, 3.63) is 63.9 Å². The molecule has 7 nitrogen and oxygen atoms in total. The van der Waals surface area contributed by atoms with Gasteiger partial charge in [0.25, 0.3) is 0 Å². The number of nitrogens with zero attached hydrogens (tertiary/aromatic N) is 3. The number of ether oxygens (including phenoxy) is 1. The first-order valence-corrected chi connectivity index (χ1v) is 12.0. The number of fused-ring (bicyclic) bond motifs is 1. The molecule has 1 aromatic carbocycles. The van der Waals surface area contributed by atoms with Gasteiger partial charge < -0.3 is 19.9 Å². The molecule has 3 heterocycles. The second-order valence-corrected chi connectivity index (χ2v) is 9.69. The van der Waals surface area contributed by atoms with E-state index >= 15 is 0 Å². The Bertz CT molecular complexity index is 1410. The van der Waals surface area contributed by atoms with Gasteiger partial charge in [0.05, 0.1) is 36.1 Å². The smallest absolute Gasteiger partial charge is 0.142 e. The third-order valence-corrected chi connectivity index (χ3v) is 7.59. The number of aromatic nitrogens is 4. The van der Waals surface area contributed by atoms with Gasteiger partial charge in [-0.25, -0.2) is 9.37 Å². The highest BCUT2D eigenvalue weighted by Gasteiger charge is 2.34. The van der Waals surface area contributed by atoms with Crippen LogP contribution >= 0.6 is 11.6 Å². The molecule has 35 heavy (non-hydrogen) atoms. The number of aromatic amines is 1. The van der Waals surface area contributed by atoms with Crippen LogP contribution in [0.5, 0.6) is 5.75 Å². The molecule has 0 aliphatic heterocycles. The number of H-pyrrole nitrogens is 1. The summed E-state index contributed by atoms with van der Waals surface area (Å²) in [6.07, 6.45) is 3.15. The van der Waals surface area contributed by atoms with Gasteiger partial charge in [-0.3, -0.25) is 4.68 Å². The van der Waals surface area contributed by atoms with Gasteiger partial charge in [-0.1, -0.05) is 18.5 Å². The van der Waals surface area contributed by atoms with Gasteiger partial charge in [-0.05, 0) is 50.5 Å². The third-order valence-electron chi connectivity index (χ3n) is 7.21. The van der Waals surface area contributed by atoms with Crippen LogP contribution in [0.25, 0.3) is 22.2 Å². The Hall–Kier alpha value is -2.94. The Morgan fingerprint density at radius 3 is 2.63 bits per heavy atom. The fourth-order valence-electron chi connectivity index (χ4n) is 5.41. The maximum Gasteiger partial charge on any atom is 0.142 e. The van der Waals surface area contributed by atoms with Crippen LogP contribution in [0, 0.1) is 19.7 Å². The zero-order valence-electron chi connectivity index (χ0n) is 20.0. The van der Waals surface area contributed by atoms with Crippen molar-refractivity contribution in [3.63, 3.8) is 0 Å². The molecule has 1 aliphatic carbocycles. The Labute approximate surface area is 207 Å². The van der Waals surface area contributed by atoms with E-state index in [1.54, 1.807) is 13.2 Å². The molecule has 1 fully saturated rings. The standard InChI is InChI=1S/C26H28ClFN4O3/c1-12(23-22(35-4)6-5-19(28)25(23)27)18-11-30-26-17(18)7-15(10-29-26)24-13(2)31-32(14(24)3)16-8-20(33)21(34)9-16/h5-7,10-12,16,20-21,33-34H,8-9H2,1-4H3,(H,29,30)/t12-,16-,20-,21+/m0/s1. The molecular formula is C26H28ClFN4O3. The number of halogens is 2. The number of rotatable bonds is 5. The lowest BCUT2D eigenvalue weighted by atomic mass is 9.91. The Morgan fingerprint density at radius 2 is 1.94 bits per heavy atom. The van der Waals surface area contributed by atoms with Gasteiger partial charge in [0, 0.05) is 46.1 Å². The number of methoxy groups -OCH3 is 1. The molecular weight excluding hydrogens is 471 g/mol. The van der Waals surface area contributed by atoms with Gasteiger partial charge in [0.1, 0.15) is 17.2 Å². The summed E-state index contributed by atoms with van der Waals surface area (Å²) in [6.45, 7) is 5.90. The highest BCUT2D eigenvalue weighted by Crippen LogP contribution is 2.41. The molecule has 9 heteroatoms. The molecule has 3 aromatic heterocycles. The lowest BCUT2D eigenvalue weighted by Gasteiger charge is -2.17. The van der Waals surface area contributed by atoms with E-state index < -0.39 is 18.0 Å². The van der Waals surface area contributed by atoms with Crippen molar-refractivity contribution in [3.8, 4) is 16.9 Å². The minimum Gasteiger partial charge on any atom is -0.496 e. The monoisotopic (exact) mass is 498 g/mol. The minimum atomic E-state index is -0.735. The molecule has 0 spiro atoms. The molecule has 0 bridgehead atoms. The SMILES string of the molecule is COc1ccc(F)c(Cl)c1[C@@H](C)c1c[nH]c2ncc(-c3c(C)nn([C@@H]4C[C@@H](O)[C@@H](O)C4)c3C)cc12. The zero-order chi connectivity index (χ0) is 25.0.